The molecule has 1 aromatic carbocycles. The van der Waals surface area contributed by atoms with Crippen LogP contribution in [0, 0.1) is 12.8 Å². The molecular weight excluding hydrogens is 210 g/mol. The van der Waals surface area contributed by atoms with Crippen LogP contribution in [0.3, 0.4) is 0 Å². The zero-order valence-corrected chi connectivity index (χ0v) is 10.7. The Morgan fingerprint density at radius 2 is 1.94 bits per heavy atom. The van der Waals surface area contributed by atoms with Gasteiger partial charge >= 0.3 is 0 Å². The van der Waals surface area contributed by atoms with E-state index in [0.717, 1.165) is 12.8 Å². The summed E-state index contributed by atoms with van der Waals surface area (Å²) in [7, 11) is 0. The van der Waals surface area contributed by atoms with Crippen molar-refractivity contribution in [1.82, 2.24) is 5.32 Å². The number of aryl methyl sites for hydroxylation is 1. The SMILES string of the molecule is Cc1ccccc1[C@H](C)NC(=O)C1CCCC1. The summed E-state index contributed by atoms with van der Waals surface area (Å²) < 4.78 is 0. The van der Waals surface area contributed by atoms with Crippen molar-refractivity contribution in [3.63, 3.8) is 0 Å². The van der Waals surface area contributed by atoms with Crippen LogP contribution in [-0.2, 0) is 4.79 Å². The van der Waals surface area contributed by atoms with Gasteiger partial charge < -0.3 is 5.32 Å². The first-order valence-corrected chi connectivity index (χ1v) is 6.54. The number of carbonyl (C=O) groups is 1. The number of nitrogens with one attached hydrogen (secondary N) is 1. The average Bonchev–Trinajstić information content (AvgIpc) is 2.82. The van der Waals surface area contributed by atoms with Gasteiger partial charge in [0.25, 0.3) is 0 Å². The third-order valence-electron chi connectivity index (χ3n) is 3.74. The number of amides is 1. The largest absolute Gasteiger partial charge is 0.349 e. The minimum atomic E-state index is 0.115. The first-order valence-electron chi connectivity index (χ1n) is 6.54. The quantitative estimate of drug-likeness (QED) is 0.849. The maximum atomic E-state index is 12.0. The smallest absolute Gasteiger partial charge is 0.223 e. The summed E-state index contributed by atoms with van der Waals surface area (Å²) in [6.07, 6.45) is 4.53. The van der Waals surface area contributed by atoms with Crippen LogP contribution in [0.15, 0.2) is 24.3 Å². The summed E-state index contributed by atoms with van der Waals surface area (Å²) >= 11 is 0. The van der Waals surface area contributed by atoms with E-state index in [4.69, 9.17) is 0 Å². The van der Waals surface area contributed by atoms with Gasteiger partial charge in [0.2, 0.25) is 5.91 Å². The van der Waals surface area contributed by atoms with Crippen molar-refractivity contribution in [2.24, 2.45) is 5.92 Å². The van der Waals surface area contributed by atoms with Crippen LogP contribution in [0.25, 0.3) is 0 Å². The van der Waals surface area contributed by atoms with Gasteiger partial charge in [-0.15, -0.1) is 0 Å². The van der Waals surface area contributed by atoms with Crippen LogP contribution in [0.5, 0.6) is 0 Å². The van der Waals surface area contributed by atoms with Gasteiger partial charge in [0.1, 0.15) is 0 Å². The molecule has 1 N–H and O–H groups in total. The van der Waals surface area contributed by atoms with Crippen molar-refractivity contribution >= 4 is 5.91 Å². The summed E-state index contributed by atoms with van der Waals surface area (Å²) in [5, 5.41) is 3.14. The minimum absolute atomic E-state index is 0.115. The maximum absolute atomic E-state index is 12.0. The molecule has 0 bridgehead atoms. The molecule has 1 amide bonds. The molecule has 0 saturated heterocycles. The number of benzene rings is 1. The van der Waals surface area contributed by atoms with Crippen LogP contribution in [0.1, 0.15) is 49.8 Å². The summed E-state index contributed by atoms with van der Waals surface area (Å²) in [5.74, 6) is 0.486. The van der Waals surface area contributed by atoms with Crippen molar-refractivity contribution in [1.29, 1.82) is 0 Å². The van der Waals surface area contributed by atoms with E-state index in [2.05, 4.69) is 31.3 Å². The Balaban J connectivity index is 1.99. The molecule has 2 nitrogen and oxygen atoms in total. The molecule has 0 unspecified atom stereocenters. The fraction of sp³-hybridized carbons (Fsp3) is 0.533. The van der Waals surface area contributed by atoms with Crippen molar-refractivity contribution in [2.45, 2.75) is 45.6 Å². The Bertz CT molecular complexity index is 394. The monoisotopic (exact) mass is 231 g/mol. The average molecular weight is 231 g/mol. The second-order valence-electron chi connectivity index (χ2n) is 5.07. The Kier molecular flexibility index (Phi) is 3.82. The topological polar surface area (TPSA) is 29.1 Å². The van der Waals surface area contributed by atoms with Crippen LogP contribution < -0.4 is 5.32 Å². The van der Waals surface area contributed by atoms with Gasteiger partial charge in [0.15, 0.2) is 0 Å². The molecule has 1 atom stereocenters. The maximum Gasteiger partial charge on any atom is 0.223 e. The fourth-order valence-corrected chi connectivity index (χ4v) is 2.67. The van der Waals surface area contributed by atoms with E-state index < -0.39 is 0 Å². The highest BCUT2D eigenvalue weighted by molar-refractivity contribution is 5.79. The van der Waals surface area contributed by atoms with E-state index in [0.29, 0.717) is 0 Å². The molecule has 0 aliphatic heterocycles. The molecular formula is C15H21NO. The summed E-state index contributed by atoms with van der Waals surface area (Å²) in [6, 6.07) is 8.36. The van der Waals surface area contributed by atoms with Gasteiger partial charge in [-0.1, -0.05) is 37.1 Å². The number of rotatable bonds is 3. The molecule has 0 radical (unpaired) electrons. The molecule has 17 heavy (non-hydrogen) atoms. The van der Waals surface area contributed by atoms with Crippen LogP contribution >= 0.6 is 0 Å². The molecule has 92 valence electrons. The molecule has 1 aromatic rings. The third kappa shape index (κ3) is 2.87. The second kappa shape index (κ2) is 5.35. The molecule has 2 heteroatoms. The second-order valence-corrected chi connectivity index (χ2v) is 5.07. The lowest BCUT2D eigenvalue weighted by Crippen LogP contribution is -2.31. The van der Waals surface area contributed by atoms with Crippen molar-refractivity contribution in [3.8, 4) is 0 Å². The molecule has 0 heterocycles. The fourth-order valence-electron chi connectivity index (χ4n) is 2.67. The first kappa shape index (κ1) is 12.2. The van der Waals surface area contributed by atoms with Gasteiger partial charge in [-0.05, 0) is 37.8 Å². The van der Waals surface area contributed by atoms with E-state index >= 15 is 0 Å². The lowest BCUT2D eigenvalue weighted by atomic mass is 10.0. The van der Waals surface area contributed by atoms with Crippen molar-refractivity contribution in [3.05, 3.63) is 35.4 Å². The first-order chi connectivity index (χ1) is 8.18. The predicted molar refractivity (Wildman–Crippen MR) is 69.7 cm³/mol. The van der Waals surface area contributed by atoms with E-state index in [9.17, 15) is 4.79 Å². The lowest BCUT2D eigenvalue weighted by molar-refractivity contribution is -0.125. The third-order valence-corrected chi connectivity index (χ3v) is 3.74. The van der Waals surface area contributed by atoms with Gasteiger partial charge in [0, 0.05) is 5.92 Å². The number of carbonyl (C=O) groups excluding carboxylic acids is 1. The highest BCUT2D eigenvalue weighted by Gasteiger charge is 2.24. The van der Waals surface area contributed by atoms with Gasteiger partial charge in [-0.3, -0.25) is 4.79 Å². The zero-order valence-electron chi connectivity index (χ0n) is 10.7. The highest BCUT2D eigenvalue weighted by atomic mass is 16.1. The summed E-state index contributed by atoms with van der Waals surface area (Å²) in [4.78, 5) is 12.0. The molecule has 1 aliphatic carbocycles. The standard InChI is InChI=1S/C15H21NO/c1-11-7-3-6-10-14(11)12(2)16-15(17)13-8-4-5-9-13/h3,6-7,10,12-13H,4-5,8-9H2,1-2H3,(H,16,17)/t12-/m0/s1. The van der Waals surface area contributed by atoms with E-state index in [-0.39, 0.29) is 17.9 Å². The number of hydrogen-bond donors (Lipinski definition) is 1. The van der Waals surface area contributed by atoms with Crippen molar-refractivity contribution < 1.29 is 4.79 Å². The summed E-state index contributed by atoms with van der Waals surface area (Å²) in [5.41, 5.74) is 2.46. The van der Waals surface area contributed by atoms with E-state index in [1.165, 1.54) is 24.0 Å². The summed E-state index contributed by atoms with van der Waals surface area (Å²) in [6.45, 7) is 4.16. The zero-order chi connectivity index (χ0) is 12.3. The Hall–Kier alpha value is -1.31. The Morgan fingerprint density at radius 1 is 1.29 bits per heavy atom. The molecule has 0 spiro atoms. The number of hydrogen-bond acceptors (Lipinski definition) is 1. The molecule has 1 fully saturated rings. The van der Waals surface area contributed by atoms with Gasteiger partial charge in [-0.25, -0.2) is 0 Å². The minimum Gasteiger partial charge on any atom is -0.349 e. The van der Waals surface area contributed by atoms with Gasteiger partial charge in [-0.2, -0.15) is 0 Å². The lowest BCUT2D eigenvalue weighted by Gasteiger charge is -2.19. The Morgan fingerprint density at radius 3 is 2.59 bits per heavy atom. The normalized spacial score (nSPS) is 18.0. The molecule has 0 aromatic heterocycles. The van der Waals surface area contributed by atoms with Gasteiger partial charge in [0.05, 0.1) is 6.04 Å². The van der Waals surface area contributed by atoms with Crippen molar-refractivity contribution in [2.75, 3.05) is 0 Å². The van der Waals surface area contributed by atoms with Crippen LogP contribution in [0.2, 0.25) is 0 Å². The van der Waals surface area contributed by atoms with E-state index in [1.54, 1.807) is 0 Å². The molecule has 2 rings (SSSR count). The highest BCUT2D eigenvalue weighted by Crippen LogP contribution is 2.26. The molecule has 1 saturated carbocycles. The Labute approximate surface area is 103 Å². The van der Waals surface area contributed by atoms with E-state index in [1.807, 2.05) is 12.1 Å². The van der Waals surface area contributed by atoms with Crippen LogP contribution in [-0.4, -0.2) is 5.91 Å². The molecule has 1 aliphatic rings. The van der Waals surface area contributed by atoms with Crippen LogP contribution in [0.4, 0.5) is 0 Å². The predicted octanol–water partition coefficient (Wildman–Crippen LogP) is 3.36.